The van der Waals surface area contributed by atoms with Crippen LogP contribution >= 0.6 is 0 Å². The summed E-state index contributed by atoms with van der Waals surface area (Å²) in [5, 5.41) is 0. The van der Waals surface area contributed by atoms with Crippen LogP contribution in [-0.2, 0) is 3.79 Å². The second-order valence-corrected chi connectivity index (χ2v) is 1.22. The minimum atomic E-state index is 0. The van der Waals surface area contributed by atoms with E-state index in [1.165, 1.54) is 16.3 Å². The average Bonchev–Trinajstić information content (AvgIpc) is 1.46. The first-order valence-corrected chi connectivity index (χ1v) is 4.63. The van der Waals surface area contributed by atoms with Crippen LogP contribution in [0.2, 0.25) is 5.79 Å². The molecular formula is C2H15Al3O3-. The van der Waals surface area contributed by atoms with Gasteiger partial charge in [-0.05, 0) is 0 Å². The maximum absolute atomic E-state index is 4.39. The van der Waals surface area contributed by atoms with Gasteiger partial charge in [0.15, 0.2) is 0 Å². The van der Waals surface area contributed by atoms with E-state index >= 15 is 0 Å². The van der Waals surface area contributed by atoms with Crippen molar-refractivity contribution in [1.29, 1.82) is 0 Å². The second kappa shape index (κ2) is 77.2. The molecule has 3 N–H and O–H groups in total. The first-order chi connectivity index (χ1) is 2.41. The van der Waals surface area contributed by atoms with Crippen molar-refractivity contribution in [2.45, 2.75) is 5.79 Å². The summed E-state index contributed by atoms with van der Waals surface area (Å²) in [7, 11) is 1.69. The maximum atomic E-state index is 4.39. The molecule has 0 fully saturated rings. The highest BCUT2D eigenvalue weighted by atomic mass is 27.1. The lowest BCUT2D eigenvalue weighted by atomic mass is 11.8. The van der Waals surface area contributed by atoms with Gasteiger partial charge in [0.25, 0.3) is 0 Å². The lowest BCUT2D eigenvalue weighted by molar-refractivity contribution is 0.460. The highest BCUT2D eigenvalue weighted by molar-refractivity contribution is 6.05. The Morgan fingerprint density at radius 2 is 1.25 bits per heavy atom. The summed E-state index contributed by atoms with van der Waals surface area (Å²) >= 11 is 2.17. The first kappa shape index (κ1) is 34.0. The third-order valence-corrected chi connectivity index (χ3v) is 0. The summed E-state index contributed by atoms with van der Waals surface area (Å²) < 4.78 is 4.39. The SMILES string of the molecule is C[O][AlH2].O.[AlH2].[CH3][AlH2].[OH-]. The Labute approximate surface area is 77.7 Å². The smallest absolute Gasteiger partial charge is 0.409 e. The van der Waals surface area contributed by atoms with Crippen LogP contribution in [0.5, 0.6) is 0 Å². The van der Waals surface area contributed by atoms with Crippen molar-refractivity contribution in [3.8, 4) is 0 Å². The molecule has 0 saturated heterocycles. The molecule has 1 radical (unpaired) electrons. The van der Waals surface area contributed by atoms with Gasteiger partial charge in [-0.3, -0.25) is 0 Å². The van der Waals surface area contributed by atoms with Gasteiger partial charge in [0.05, 0.1) is 0 Å². The van der Waals surface area contributed by atoms with Crippen molar-refractivity contribution in [3.63, 3.8) is 0 Å². The number of hydrogen-bond donors (Lipinski definition) is 0. The van der Waals surface area contributed by atoms with E-state index in [9.17, 15) is 0 Å². The molecular weight excluding hydrogens is 153 g/mol. The van der Waals surface area contributed by atoms with Crippen molar-refractivity contribution in [1.82, 2.24) is 0 Å². The fourth-order valence-corrected chi connectivity index (χ4v) is 0. The van der Waals surface area contributed by atoms with E-state index in [1.807, 2.05) is 0 Å². The van der Waals surface area contributed by atoms with E-state index in [-0.39, 0.29) is 28.3 Å². The molecule has 0 rings (SSSR count). The predicted molar refractivity (Wildman–Crippen MR) is 44.1 cm³/mol. The largest absolute Gasteiger partial charge is 0.870 e. The van der Waals surface area contributed by atoms with E-state index in [4.69, 9.17) is 0 Å². The van der Waals surface area contributed by atoms with Crippen molar-refractivity contribution in [3.05, 3.63) is 0 Å². The molecule has 0 aromatic carbocycles. The number of hydrogen-bond acceptors (Lipinski definition) is 2. The van der Waals surface area contributed by atoms with Crippen molar-refractivity contribution >= 4 is 50.3 Å². The quantitative estimate of drug-likeness (QED) is 0.360. The molecule has 0 aliphatic carbocycles. The Kier molecular flexibility index (Phi) is 328. The Hall–Kier alpha value is 1.48. The average molecular weight is 168 g/mol. The van der Waals surface area contributed by atoms with Crippen molar-refractivity contribution < 1.29 is 14.7 Å². The molecule has 6 heteroatoms. The zero-order chi connectivity index (χ0) is 4.71. The third-order valence-electron chi connectivity index (χ3n) is 0. The molecule has 0 aliphatic heterocycles. The fraction of sp³-hybridized carbons (Fsp3) is 1.00. The highest BCUT2D eigenvalue weighted by Gasteiger charge is 1.33. The maximum Gasteiger partial charge on any atom is 0.409 e. The second-order valence-electron chi connectivity index (χ2n) is 0.408. The number of rotatable bonds is 0. The monoisotopic (exact) mass is 168 g/mol. The zero-order valence-electron chi connectivity index (χ0n) is 6.36. The summed E-state index contributed by atoms with van der Waals surface area (Å²) in [4.78, 5) is 0. The highest BCUT2D eigenvalue weighted by Crippen LogP contribution is 1.24. The van der Waals surface area contributed by atoms with Crippen LogP contribution in [0, 0.1) is 0 Å². The minimum Gasteiger partial charge on any atom is -0.870 e. The van der Waals surface area contributed by atoms with E-state index in [0.29, 0.717) is 0 Å². The van der Waals surface area contributed by atoms with Gasteiger partial charge in [0.1, 0.15) is 17.4 Å². The van der Waals surface area contributed by atoms with Gasteiger partial charge in [-0.1, -0.05) is 0 Å². The van der Waals surface area contributed by atoms with E-state index in [0.717, 1.165) is 16.6 Å². The fourth-order valence-electron chi connectivity index (χ4n) is 0. The molecule has 0 amide bonds. The van der Waals surface area contributed by atoms with Crippen LogP contribution in [-0.4, -0.2) is 68.3 Å². The Morgan fingerprint density at radius 3 is 1.25 bits per heavy atom. The molecule has 8 heavy (non-hydrogen) atoms. The molecule has 0 heterocycles. The van der Waals surface area contributed by atoms with Crippen LogP contribution < -0.4 is 0 Å². The van der Waals surface area contributed by atoms with Gasteiger partial charge in [-0.25, -0.2) is 0 Å². The lowest BCUT2D eigenvalue weighted by Gasteiger charge is -1.62. The lowest BCUT2D eigenvalue weighted by Crippen LogP contribution is -1.60. The van der Waals surface area contributed by atoms with Gasteiger partial charge < -0.3 is 14.7 Å². The van der Waals surface area contributed by atoms with Gasteiger partial charge in [-0.2, -0.15) is 0 Å². The van der Waals surface area contributed by atoms with E-state index in [1.54, 1.807) is 7.11 Å². The van der Waals surface area contributed by atoms with Crippen LogP contribution in [0.25, 0.3) is 0 Å². The molecule has 0 atom stereocenters. The standard InChI is InChI=1S/CH3O.CH3.3Al.2H2O.6H/c1-2;;;;;;;;;;;;/h1H3;1H3;;;;2*1H2;;;;;;/q-1;;;;+1;;;;;;;;/p-1. The molecule has 3 nitrogen and oxygen atoms in total. The molecule has 0 aromatic heterocycles. The predicted octanol–water partition coefficient (Wildman–Crippen LogP) is -3.07. The summed E-state index contributed by atoms with van der Waals surface area (Å²) in [5.74, 6) is 2.14. The molecule has 0 spiro atoms. The Balaban J connectivity index is -0.00000000567. The van der Waals surface area contributed by atoms with E-state index < -0.39 is 0 Å². The molecule has 0 aliphatic rings. The Morgan fingerprint density at radius 1 is 1.25 bits per heavy atom. The summed E-state index contributed by atoms with van der Waals surface area (Å²) in [6.45, 7) is 0. The van der Waals surface area contributed by atoms with Crippen LogP contribution in [0.3, 0.4) is 0 Å². The molecule has 51 valence electrons. The molecule has 0 unspecified atom stereocenters. The Bertz CT molecular complexity index is 12.5. The molecule has 0 saturated carbocycles. The summed E-state index contributed by atoms with van der Waals surface area (Å²) in [5.41, 5.74) is 0. The first-order valence-electron chi connectivity index (χ1n) is 1.82. The van der Waals surface area contributed by atoms with Crippen LogP contribution in [0.4, 0.5) is 0 Å². The van der Waals surface area contributed by atoms with Gasteiger partial charge in [0.2, 0.25) is 16.3 Å². The van der Waals surface area contributed by atoms with Crippen molar-refractivity contribution in [2.24, 2.45) is 0 Å². The minimum absolute atomic E-state index is 0. The van der Waals surface area contributed by atoms with Gasteiger partial charge >= 0.3 is 16.6 Å². The van der Waals surface area contributed by atoms with Gasteiger partial charge in [-0.15, -0.1) is 5.79 Å². The van der Waals surface area contributed by atoms with Crippen LogP contribution in [0.15, 0.2) is 0 Å². The normalized spacial score (nSPS) is 2.75. The van der Waals surface area contributed by atoms with Crippen molar-refractivity contribution in [2.75, 3.05) is 7.11 Å². The summed E-state index contributed by atoms with van der Waals surface area (Å²) in [6.07, 6.45) is 0. The summed E-state index contributed by atoms with van der Waals surface area (Å²) in [6, 6.07) is 0. The zero-order valence-corrected chi connectivity index (χ0v) is 12.4. The van der Waals surface area contributed by atoms with E-state index in [2.05, 4.69) is 9.57 Å². The van der Waals surface area contributed by atoms with Crippen LogP contribution in [0.1, 0.15) is 0 Å². The van der Waals surface area contributed by atoms with Gasteiger partial charge in [0, 0.05) is 7.11 Å². The third kappa shape index (κ3) is 144. The topological polar surface area (TPSA) is 70.7 Å². The molecule has 0 bridgehead atoms. The molecule has 0 aromatic rings.